The van der Waals surface area contributed by atoms with Gasteiger partial charge < -0.3 is 24.8 Å². The highest BCUT2D eigenvalue weighted by molar-refractivity contribution is 6.30. The molecule has 186 valence electrons. The summed E-state index contributed by atoms with van der Waals surface area (Å²) >= 11 is 5.96. The molecule has 3 amide bonds. The Morgan fingerprint density at radius 3 is 2.11 bits per heavy atom. The fraction of sp³-hybridized carbons (Fsp3) is 0.423. The van der Waals surface area contributed by atoms with Crippen molar-refractivity contribution >= 4 is 35.0 Å². The van der Waals surface area contributed by atoms with Gasteiger partial charge in [-0.15, -0.1) is 0 Å². The number of nitrogens with zero attached hydrogens (tertiary/aromatic N) is 3. The topological polar surface area (TPSA) is 82.2 Å². The van der Waals surface area contributed by atoms with E-state index in [1.165, 1.54) is 0 Å². The molecule has 0 atom stereocenters. The highest BCUT2D eigenvalue weighted by Gasteiger charge is 2.28. The molecule has 2 aromatic carbocycles. The standard InChI is InChI=1S/C26H31ClN4O4/c27-21-6-8-22(9-7-21)29-14-16-31(17-15-29)24(32)18-28-26(34)20-10-12-30(13-11-20)25(33)19-35-23-4-2-1-3-5-23/h1-9,20H,10-19H2,(H,28,34). The van der Waals surface area contributed by atoms with E-state index in [9.17, 15) is 14.4 Å². The third-order valence-electron chi connectivity index (χ3n) is 6.56. The molecule has 9 heteroatoms. The van der Waals surface area contributed by atoms with Gasteiger partial charge in [0.05, 0.1) is 6.54 Å². The van der Waals surface area contributed by atoms with Gasteiger partial charge in [0.15, 0.2) is 6.61 Å². The summed E-state index contributed by atoms with van der Waals surface area (Å²) in [5, 5.41) is 3.50. The normalized spacial score (nSPS) is 16.7. The van der Waals surface area contributed by atoms with Crippen molar-refractivity contribution in [3.8, 4) is 5.75 Å². The summed E-state index contributed by atoms with van der Waals surface area (Å²) in [7, 11) is 0. The Morgan fingerprint density at radius 1 is 0.829 bits per heavy atom. The Balaban J connectivity index is 1.13. The Kier molecular flexibility index (Phi) is 8.47. The van der Waals surface area contributed by atoms with Crippen molar-refractivity contribution in [2.24, 2.45) is 5.92 Å². The molecule has 0 spiro atoms. The number of amides is 3. The maximum Gasteiger partial charge on any atom is 0.260 e. The van der Waals surface area contributed by atoms with Gasteiger partial charge in [0, 0.05) is 55.9 Å². The molecule has 4 rings (SSSR count). The van der Waals surface area contributed by atoms with Gasteiger partial charge in [-0.25, -0.2) is 0 Å². The fourth-order valence-corrected chi connectivity index (χ4v) is 4.55. The van der Waals surface area contributed by atoms with E-state index in [0.29, 0.717) is 49.8 Å². The van der Waals surface area contributed by atoms with Gasteiger partial charge >= 0.3 is 0 Å². The van der Waals surface area contributed by atoms with Crippen molar-refractivity contribution in [1.82, 2.24) is 15.1 Å². The first kappa shape index (κ1) is 24.9. The minimum absolute atomic E-state index is 0.00381. The number of benzene rings is 2. The number of hydrogen-bond donors (Lipinski definition) is 1. The SMILES string of the molecule is O=C(NCC(=O)N1CCN(c2ccc(Cl)cc2)CC1)C1CCN(C(=O)COc2ccccc2)CC1. The van der Waals surface area contributed by atoms with Crippen LogP contribution in [-0.4, -0.2) is 79.9 Å². The number of carbonyl (C=O) groups excluding carboxylic acids is 3. The summed E-state index contributed by atoms with van der Waals surface area (Å²) in [6.07, 6.45) is 1.16. The molecule has 0 bridgehead atoms. The van der Waals surface area contributed by atoms with Crippen LogP contribution in [0.2, 0.25) is 5.02 Å². The summed E-state index contributed by atoms with van der Waals surface area (Å²) in [4.78, 5) is 43.4. The number of hydrogen-bond acceptors (Lipinski definition) is 5. The van der Waals surface area contributed by atoms with Gasteiger partial charge in [-0.2, -0.15) is 0 Å². The van der Waals surface area contributed by atoms with E-state index in [0.717, 1.165) is 18.8 Å². The summed E-state index contributed by atoms with van der Waals surface area (Å²) in [6, 6.07) is 16.9. The van der Waals surface area contributed by atoms with E-state index in [-0.39, 0.29) is 36.8 Å². The number of ether oxygens (including phenoxy) is 1. The third-order valence-corrected chi connectivity index (χ3v) is 6.81. The molecule has 2 aliphatic heterocycles. The average molecular weight is 499 g/mol. The molecule has 2 saturated heterocycles. The van der Waals surface area contributed by atoms with Crippen LogP contribution in [0.4, 0.5) is 5.69 Å². The van der Waals surface area contributed by atoms with Crippen molar-refractivity contribution in [2.75, 3.05) is 57.3 Å². The molecular weight excluding hydrogens is 468 g/mol. The molecule has 35 heavy (non-hydrogen) atoms. The van der Waals surface area contributed by atoms with Crippen molar-refractivity contribution in [3.63, 3.8) is 0 Å². The average Bonchev–Trinajstić information content (AvgIpc) is 2.91. The molecule has 2 aromatic rings. The highest BCUT2D eigenvalue weighted by atomic mass is 35.5. The maximum atomic E-state index is 12.6. The minimum Gasteiger partial charge on any atom is -0.484 e. The summed E-state index contributed by atoms with van der Waals surface area (Å²) in [5.41, 5.74) is 1.09. The van der Waals surface area contributed by atoms with Crippen molar-refractivity contribution in [3.05, 3.63) is 59.6 Å². The monoisotopic (exact) mass is 498 g/mol. The van der Waals surface area contributed by atoms with Gasteiger partial charge in [0.25, 0.3) is 5.91 Å². The molecule has 0 saturated carbocycles. The van der Waals surface area contributed by atoms with Crippen LogP contribution in [0.1, 0.15) is 12.8 Å². The Bertz CT molecular complexity index is 1000. The Morgan fingerprint density at radius 2 is 1.46 bits per heavy atom. The maximum absolute atomic E-state index is 12.6. The lowest BCUT2D eigenvalue weighted by Gasteiger charge is -2.36. The molecule has 2 aliphatic rings. The molecule has 0 aromatic heterocycles. The number of likely N-dealkylation sites (tertiary alicyclic amines) is 1. The van der Waals surface area contributed by atoms with Crippen LogP contribution in [0.25, 0.3) is 0 Å². The summed E-state index contributed by atoms with van der Waals surface area (Å²) in [6.45, 7) is 3.71. The van der Waals surface area contributed by atoms with Gasteiger partial charge in [-0.3, -0.25) is 14.4 Å². The molecule has 0 radical (unpaired) electrons. The first-order chi connectivity index (χ1) is 17.0. The molecule has 2 heterocycles. The molecular formula is C26H31ClN4O4. The van der Waals surface area contributed by atoms with Crippen LogP contribution >= 0.6 is 11.6 Å². The Hall–Kier alpha value is -3.26. The number of carbonyl (C=O) groups is 3. The van der Waals surface area contributed by atoms with Crippen molar-refractivity contribution < 1.29 is 19.1 Å². The smallest absolute Gasteiger partial charge is 0.260 e. The number of piperidine rings is 1. The predicted molar refractivity (Wildman–Crippen MR) is 134 cm³/mol. The first-order valence-corrected chi connectivity index (χ1v) is 12.4. The van der Waals surface area contributed by atoms with E-state index in [2.05, 4.69) is 10.2 Å². The Labute approximate surface area is 210 Å². The first-order valence-electron chi connectivity index (χ1n) is 12.0. The molecule has 0 unspecified atom stereocenters. The van der Waals surface area contributed by atoms with Crippen LogP contribution in [0, 0.1) is 5.92 Å². The number of rotatable bonds is 7. The lowest BCUT2D eigenvalue weighted by atomic mass is 9.96. The summed E-state index contributed by atoms with van der Waals surface area (Å²) in [5.74, 6) is 0.195. The van der Waals surface area contributed by atoms with E-state index < -0.39 is 0 Å². The molecule has 8 nitrogen and oxygen atoms in total. The predicted octanol–water partition coefficient (Wildman–Crippen LogP) is 2.42. The molecule has 1 N–H and O–H groups in total. The van der Waals surface area contributed by atoms with E-state index >= 15 is 0 Å². The zero-order chi connectivity index (χ0) is 24.6. The van der Waals surface area contributed by atoms with Crippen LogP contribution in [0.15, 0.2) is 54.6 Å². The quantitative estimate of drug-likeness (QED) is 0.634. The van der Waals surface area contributed by atoms with Crippen molar-refractivity contribution in [2.45, 2.75) is 12.8 Å². The largest absolute Gasteiger partial charge is 0.484 e. The summed E-state index contributed by atoms with van der Waals surface area (Å²) < 4.78 is 5.53. The highest BCUT2D eigenvalue weighted by Crippen LogP contribution is 2.20. The van der Waals surface area contributed by atoms with Crippen LogP contribution in [-0.2, 0) is 14.4 Å². The number of piperazine rings is 1. The molecule has 0 aliphatic carbocycles. The lowest BCUT2D eigenvalue weighted by Crippen LogP contribution is -2.52. The van der Waals surface area contributed by atoms with Crippen LogP contribution in [0.5, 0.6) is 5.75 Å². The van der Waals surface area contributed by atoms with E-state index in [1.807, 2.05) is 54.6 Å². The second kappa shape index (κ2) is 11.9. The zero-order valence-electron chi connectivity index (χ0n) is 19.7. The molecule has 2 fully saturated rings. The third kappa shape index (κ3) is 6.88. The van der Waals surface area contributed by atoms with Crippen molar-refractivity contribution in [1.29, 1.82) is 0 Å². The van der Waals surface area contributed by atoms with Crippen LogP contribution < -0.4 is 15.0 Å². The van der Waals surface area contributed by atoms with Gasteiger partial charge in [-0.1, -0.05) is 29.8 Å². The van der Waals surface area contributed by atoms with Crippen LogP contribution in [0.3, 0.4) is 0 Å². The zero-order valence-corrected chi connectivity index (χ0v) is 20.5. The minimum atomic E-state index is -0.191. The van der Waals surface area contributed by atoms with E-state index in [1.54, 1.807) is 9.80 Å². The van der Waals surface area contributed by atoms with Gasteiger partial charge in [0.2, 0.25) is 11.8 Å². The number of anilines is 1. The number of nitrogens with one attached hydrogen (secondary N) is 1. The van der Waals surface area contributed by atoms with Gasteiger partial charge in [0.1, 0.15) is 5.75 Å². The van der Waals surface area contributed by atoms with Gasteiger partial charge in [-0.05, 0) is 49.2 Å². The lowest BCUT2D eigenvalue weighted by molar-refractivity contribution is -0.138. The second-order valence-corrected chi connectivity index (χ2v) is 9.26. The second-order valence-electron chi connectivity index (χ2n) is 8.82. The van der Waals surface area contributed by atoms with E-state index in [4.69, 9.17) is 16.3 Å². The number of para-hydroxylation sites is 1. The number of halogens is 1. The fourth-order valence-electron chi connectivity index (χ4n) is 4.43.